The van der Waals surface area contributed by atoms with Gasteiger partial charge in [0, 0.05) is 30.5 Å². The van der Waals surface area contributed by atoms with Gasteiger partial charge in [-0.2, -0.15) is 0 Å². The molecule has 0 radical (unpaired) electrons. The molecule has 0 aliphatic carbocycles. The maximum Gasteiger partial charge on any atom is 0.117 e. The van der Waals surface area contributed by atoms with E-state index in [4.69, 9.17) is 5.73 Å². The Morgan fingerprint density at radius 3 is 2.45 bits per heavy atom. The van der Waals surface area contributed by atoms with Gasteiger partial charge < -0.3 is 15.7 Å². The van der Waals surface area contributed by atoms with E-state index < -0.39 is 0 Å². The lowest BCUT2D eigenvalue weighted by Crippen LogP contribution is -2.19. The van der Waals surface area contributed by atoms with E-state index in [1.807, 2.05) is 12.1 Å². The first kappa shape index (κ1) is 14.4. The van der Waals surface area contributed by atoms with Crippen LogP contribution in [-0.4, -0.2) is 11.7 Å². The fourth-order valence-corrected chi connectivity index (χ4v) is 2.46. The highest BCUT2D eigenvalue weighted by Gasteiger charge is 2.14. The van der Waals surface area contributed by atoms with Crippen molar-refractivity contribution in [1.29, 1.82) is 0 Å². The summed E-state index contributed by atoms with van der Waals surface area (Å²) in [6.07, 6.45) is 0. The molecule has 0 spiro atoms. The largest absolute Gasteiger partial charge is 0.508 e. The van der Waals surface area contributed by atoms with Gasteiger partial charge in [0.15, 0.2) is 0 Å². The van der Waals surface area contributed by atoms with Crippen molar-refractivity contribution in [1.82, 2.24) is 0 Å². The van der Waals surface area contributed by atoms with Crippen LogP contribution < -0.4 is 10.6 Å². The summed E-state index contributed by atoms with van der Waals surface area (Å²) in [4.78, 5) is 2.20. The highest BCUT2D eigenvalue weighted by molar-refractivity contribution is 5.70. The Bertz CT molecular complexity index is 608. The Morgan fingerprint density at radius 1 is 1.05 bits per heavy atom. The molecule has 0 fully saturated rings. The van der Waals surface area contributed by atoms with Gasteiger partial charge in [0.25, 0.3) is 0 Å². The fourth-order valence-electron chi connectivity index (χ4n) is 2.46. The van der Waals surface area contributed by atoms with Gasteiger partial charge in [-0.25, -0.2) is 0 Å². The number of aryl methyl sites for hydroxylation is 2. The van der Waals surface area contributed by atoms with Gasteiger partial charge in [-0.05, 0) is 49.6 Å². The summed E-state index contributed by atoms with van der Waals surface area (Å²) in [5.41, 5.74) is 11.4. The number of hydrogen-bond acceptors (Lipinski definition) is 3. The summed E-state index contributed by atoms with van der Waals surface area (Å²) in [5, 5.41) is 9.76. The zero-order valence-electron chi connectivity index (χ0n) is 12.4. The molecule has 3 nitrogen and oxygen atoms in total. The second-order valence-electron chi connectivity index (χ2n) is 5.05. The van der Waals surface area contributed by atoms with Crippen LogP contribution in [0.5, 0.6) is 5.75 Å². The summed E-state index contributed by atoms with van der Waals surface area (Å²) in [6, 6.07) is 11.8. The molecule has 0 atom stereocenters. The van der Waals surface area contributed by atoms with Crippen LogP contribution in [0, 0.1) is 13.8 Å². The van der Waals surface area contributed by atoms with Gasteiger partial charge in [0.2, 0.25) is 0 Å². The smallest absolute Gasteiger partial charge is 0.117 e. The fraction of sp³-hybridized carbons (Fsp3) is 0.294. The van der Waals surface area contributed by atoms with Crippen LogP contribution in [0.25, 0.3) is 0 Å². The van der Waals surface area contributed by atoms with Crippen molar-refractivity contribution in [2.75, 3.05) is 11.4 Å². The standard InChI is InChI=1S/C17H22N2O/c1-4-19(16-10-15(20)8-6-13(16)3)17-9-12(2)5-7-14(17)11-18/h5-10,20H,4,11,18H2,1-3H3. The van der Waals surface area contributed by atoms with E-state index in [9.17, 15) is 5.11 Å². The van der Waals surface area contributed by atoms with Crippen LogP contribution in [0.1, 0.15) is 23.6 Å². The maximum atomic E-state index is 9.76. The van der Waals surface area contributed by atoms with Crippen LogP contribution in [0.3, 0.4) is 0 Å². The molecule has 0 saturated carbocycles. The molecule has 3 N–H and O–H groups in total. The van der Waals surface area contributed by atoms with Gasteiger partial charge in [0.05, 0.1) is 0 Å². The van der Waals surface area contributed by atoms with Gasteiger partial charge in [-0.3, -0.25) is 0 Å². The molecule has 2 aromatic carbocycles. The maximum absolute atomic E-state index is 9.76. The number of benzene rings is 2. The summed E-state index contributed by atoms with van der Waals surface area (Å²) < 4.78 is 0. The Morgan fingerprint density at radius 2 is 1.80 bits per heavy atom. The molecule has 0 aliphatic rings. The molecular formula is C17H22N2O. The number of rotatable bonds is 4. The first-order valence-corrected chi connectivity index (χ1v) is 6.93. The minimum absolute atomic E-state index is 0.283. The molecule has 0 amide bonds. The Kier molecular flexibility index (Phi) is 4.30. The van der Waals surface area contributed by atoms with Crippen LogP contribution >= 0.6 is 0 Å². The summed E-state index contributed by atoms with van der Waals surface area (Å²) in [6.45, 7) is 7.55. The van der Waals surface area contributed by atoms with E-state index >= 15 is 0 Å². The topological polar surface area (TPSA) is 49.5 Å². The third-order valence-corrected chi connectivity index (χ3v) is 3.55. The van der Waals surface area contributed by atoms with Crippen molar-refractivity contribution < 1.29 is 5.11 Å². The second-order valence-corrected chi connectivity index (χ2v) is 5.05. The van der Waals surface area contributed by atoms with Crippen molar-refractivity contribution in [3.63, 3.8) is 0 Å². The average molecular weight is 270 g/mol. The minimum Gasteiger partial charge on any atom is -0.508 e. The van der Waals surface area contributed by atoms with E-state index in [2.05, 4.69) is 43.9 Å². The van der Waals surface area contributed by atoms with E-state index in [0.717, 1.165) is 29.0 Å². The van der Waals surface area contributed by atoms with Crippen molar-refractivity contribution in [3.8, 4) is 5.75 Å². The van der Waals surface area contributed by atoms with Crippen molar-refractivity contribution in [2.45, 2.75) is 27.3 Å². The monoisotopic (exact) mass is 270 g/mol. The average Bonchev–Trinajstić information content (AvgIpc) is 2.44. The predicted octanol–water partition coefficient (Wildman–Crippen LogP) is 3.63. The van der Waals surface area contributed by atoms with Crippen LogP contribution in [0.2, 0.25) is 0 Å². The first-order chi connectivity index (χ1) is 9.56. The molecule has 0 aliphatic heterocycles. The SMILES string of the molecule is CCN(c1cc(O)ccc1C)c1cc(C)ccc1CN. The molecule has 2 rings (SSSR count). The predicted molar refractivity (Wildman–Crippen MR) is 84.6 cm³/mol. The summed E-state index contributed by atoms with van der Waals surface area (Å²) in [5.74, 6) is 0.283. The first-order valence-electron chi connectivity index (χ1n) is 6.93. The Balaban J connectivity index is 2.57. The van der Waals surface area contributed by atoms with Gasteiger partial charge in [-0.15, -0.1) is 0 Å². The normalized spacial score (nSPS) is 10.6. The quantitative estimate of drug-likeness (QED) is 0.892. The molecule has 106 valence electrons. The summed E-state index contributed by atoms with van der Waals surface area (Å²) in [7, 11) is 0. The Hall–Kier alpha value is -2.00. The van der Waals surface area contributed by atoms with Gasteiger partial charge >= 0.3 is 0 Å². The van der Waals surface area contributed by atoms with Crippen LogP contribution in [-0.2, 0) is 6.54 Å². The number of hydrogen-bond donors (Lipinski definition) is 2. The molecule has 0 aromatic heterocycles. The number of nitrogens with two attached hydrogens (primary N) is 1. The van der Waals surface area contributed by atoms with E-state index in [1.54, 1.807) is 6.07 Å². The number of phenols is 1. The molecule has 0 heterocycles. The molecular weight excluding hydrogens is 248 g/mol. The van der Waals surface area contributed by atoms with Crippen molar-refractivity contribution >= 4 is 11.4 Å². The molecule has 20 heavy (non-hydrogen) atoms. The van der Waals surface area contributed by atoms with Crippen molar-refractivity contribution in [3.05, 3.63) is 53.1 Å². The number of anilines is 2. The van der Waals surface area contributed by atoms with E-state index in [-0.39, 0.29) is 5.75 Å². The van der Waals surface area contributed by atoms with Crippen molar-refractivity contribution in [2.24, 2.45) is 5.73 Å². The molecule has 0 bridgehead atoms. The third kappa shape index (κ3) is 2.78. The molecule has 0 saturated heterocycles. The Labute approximate surface area is 120 Å². The van der Waals surface area contributed by atoms with Crippen LogP contribution in [0.15, 0.2) is 36.4 Å². The molecule has 3 heteroatoms. The lowest BCUT2D eigenvalue weighted by Gasteiger charge is -2.27. The number of phenolic OH excluding ortho intramolecular Hbond substituents is 1. The lowest BCUT2D eigenvalue weighted by molar-refractivity contribution is 0.475. The lowest BCUT2D eigenvalue weighted by atomic mass is 10.1. The summed E-state index contributed by atoms with van der Waals surface area (Å²) >= 11 is 0. The zero-order valence-corrected chi connectivity index (χ0v) is 12.4. The third-order valence-electron chi connectivity index (χ3n) is 3.55. The zero-order chi connectivity index (χ0) is 14.7. The van der Waals surface area contributed by atoms with E-state index in [1.165, 1.54) is 5.56 Å². The number of nitrogens with zero attached hydrogens (tertiary/aromatic N) is 1. The van der Waals surface area contributed by atoms with Gasteiger partial charge in [0.1, 0.15) is 5.75 Å². The van der Waals surface area contributed by atoms with Crippen LogP contribution in [0.4, 0.5) is 11.4 Å². The second kappa shape index (κ2) is 5.97. The molecule has 2 aromatic rings. The van der Waals surface area contributed by atoms with Gasteiger partial charge in [-0.1, -0.05) is 18.2 Å². The number of aromatic hydroxyl groups is 1. The molecule has 0 unspecified atom stereocenters. The highest BCUT2D eigenvalue weighted by atomic mass is 16.3. The highest BCUT2D eigenvalue weighted by Crippen LogP contribution is 2.33. The minimum atomic E-state index is 0.283. The van der Waals surface area contributed by atoms with E-state index in [0.29, 0.717) is 6.54 Å².